The van der Waals surface area contributed by atoms with Gasteiger partial charge in [-0.05, 0) is 62.8 Å². The highest BCUT2D eigenvalue weighted by Gasteiger charge is 2.32. The third-order valence-electron chi connectivity index (χ3n) is 4.93. The molecule has 2 aliphatic rings. The van der Waals surface area contributed by atoms with Crippen LogP contribution in [0.2, 0.25) is 0 Å². The molecule has 110 valence electrons. The predicted octanol–water partition coefficient (Wildman–Crippen LogP) is 3.67. The van der Waals surface area contributed by atoms with Crippen LogP contribution in [0.25, 0.3) is 0 Å². The van der Waals surface area contributed by atoms with Crippen LogP contribution in [0.3, 0.4) is 0 Å². The average molecular weight is 273 g/mol. The van der Waals surface area contributed by atoms with Crippen LogP contribution in [0.1, 0.15) is 51.0 Å². The predicted molar refractivity (Wildman–Crippen MR) is 83.8 cm³/mol. The van der Waals surface area contributed by atoms with E-state index in [0.29, 0.717) is 0 Å². The molecule has 2 heterocycles. The highest BCUT2D eigenvalue weighted by atomic mass is 15.2. The van der Waals surface area contributed by atoms with E-state index in [2.05, 4.69) is 34.3 Å². The van der Waals surface area contributed by atoms with Gasteiger partial charge in [0.1, 0.15) is 5.82 Å². The lowest BCUT2D eigenvalue weighted by Gasteiger charge is -2.29. The van der Waals surface area contributed by atoms with E-state index in [1.165, 1.54) is 50.6 Å². The van der Waals surface area contributed by atoms with Gasteiger partial charge in [-0.2, -0.15) is 0 Å². The molecule has 1 atom stereocenters. The summed E-state index contributed by atoms with van der Waals surface area (Å²) in [6.07, 6.45) is 10.6. The molecule has 0 spiro atoms. The van der Waals surface area contributed by atoms with E-state index >= 15 is 0 Å². The van der Waals surface area contributed by atoms with E-state index in [4.69, 9.17) is 0 Å². The van der Waals surface area contributed by atoms with Crippen LogP contribution in [-0.4, -0.2) is 29.0 Å². The van der Waals surface area contributed by atoms with Gasteiger partial charge in [-0.1, -0.05) is 12.8 Å². The van der Waals surface area contributed by atoms with Crippen molar-refractivity contribution in [3.63, 3.8) is 0 Å². The molecule has 1 unspecified atom stereocenters. The maximum Gasteiger partial charge on any atom is 0.126 e. The first-order valence-electron chi connectivity index (χ1n) is 8.29. The number of rotatable bonds is 5. The molecular formula is C17H27N3. The van der Waals surface area contributed by atoms with Crippen molar-refractivity contribution in [1.29, 1.82) is 0 Å². The lowest BCUT2D eigenvalue weighted by Crippen LogP contribution is -2.34. The standard InChI is InChI=1S/C17H27N3/c1-2-18-17-12-14(9-10-19-17)13-20-11-5-8-16(20)15-6-3-4-7-15/h9-10,12,15-16H,2-8,11,13H2,1H3,(H,18,19). The third kappa shape index (κ3) is 3.14. The van der Waals surface area contributed by atoms with E-state index in [1.807, 2.05) is 6.20 Å². The molecular weight excluding hydrogens is 246 g/mol. The lowest BCUT2D eigenvalue weighted by molar-refractivity contribution is 0.183. The van der Waals surface area contributed by atoms with Crippen LogP contribution in [0.4, 0.5) is 5.82 Å². The van der Waals surface area contributed by atoms with Crippen molar-refractivity contribution < 1.29 is 0 Å². The first kappa shape index (κ1) is 13.9. The second-order valence-electron chi connectivity index (χ2n) is 6.30. The van der Waals surface area contributed by atoms with Gasteiger partial charge >= 0.3 is 0 Å². The highest BCUT2D eigenvalue weighted by molar-refractivity contribution is 5.37. The van der Waals surface area contributed by atoms with Gasteiger partial charge in [-0.3, -0.25) is 4.90 Å². The smallest absolute Gasteiger partial charge is 0.126 e. The van der Waals surface area contributed by atoms with E-state index in [0.717, 1.165) is 30.9 Å². The SMILES string of the molecule is CCNc1cc(CN2CCCC2C2CCCC2)ccn1. The summed E-state index contributed by atoms with van der Waals surface area (Å²) in [7, 11) is 0. The third-order valence-corrected chi connectivity index (χ3v) is 4.93. The Labute approximate surface area is 122 Å². The van der Waals surface area contributed by atoms with Crippen LogP contribution in [0, 0.1) is 5.92 Å². The van der Waals surface area contributed by atoms with Gasteiger partial charge in [0, 0.05) is 25.3 Å². The van der Waals surface area contributed by atoms with E-state index in [-0.39, 0.29) is 0 Å². The number of anilines is 1. The molecule has 2 fully saturated rings. The molecule has 0 bridgehead atoms. The van der Waals surface area contributed by atoms with E-state index in [9.17, 15) is 0 Å². The number of pyridine rings is 1. The van der Waals surface area contributed by atoms with Crippen molar-refractivity contribution in [2.75, 3.05) is 18.4 Å². The maximum atomic E-state index is 4.37. The molecule has 3 heteroatoms. The number of nitrogens with one attached hydrogen (secondary N) is 1. The zero-order chi connectivity index (χ0) is 13.8. The quantitative estimate of drug-likeness (QED) is 0.887. The molecule has 1 aliphatic carbocycles. The molecule has 0 aromatic carbocycles. The van der Waals surface area contributed by atoms with Gasteiger partial charge in [0.2, 0.25) is 0 Å². The maximum absolute atomic E-state index is 4.37. The summed E-state index contributed by atoms with van der Waals surface area (Å²) < 4.78 is 0. The summed E-state index contributed by atoms with van der Waals surface area (Å²) in [5.74, 6) is 1.98. The molecule has 1 aromatic rings. The minimum absolute atomic E-state index is 0.841. The fraction of sp³-hybridized carbons (Fsp3) is 0.706. The van der Waals surface area contributed by atoms with Crippen molar-refractivity contribution in [3.8, 4) is 0 Å². The topological polar surface area (TPSA) is 28.2 Å². The first-order valence-corrected chi connectivity index (χ1v) is 8.29. The van der Waals surface area contributed by atoms with Gasteiger partial charge in [0.15, 0.2) is 0 Å². The van der Waals surface area contributed by atoms with Crippen molar-refractivity contribution in [3.05, 3.63) is 23.9 Å². The van der Waals surface area contributed by atoms with Crippen molar-refractivity contribution in [2.45, 2.75) is 58.0 Å². The average Bonchev–Trinajstić information content (AvgIpc) is 3.10. The first-order chi connectivity index (χ1) is 9.86. The summed E-state index contributed by atoms with van der Waals surface area (Å²) in [6.45, 7) is 5.43. The fourth-order valence-corrected chi connectivity index (χ4v) is 4.01. The van der Waals surface area contributed by atoms with Crippen molar-refractivity contribution in [1.82, 2.24) is 9.88 Å². The number of hydrogen-bond acceptors (Lipinski definition) is 3. The zero-order valence-electron chi connectivity index (χ0n) is 12.6. The molecule has 0 amide bonds. The number of likely N-dealkylation sites (tertiary alicyclic amines) is 1. The van der Waals surface area contributed by atoms with Gasteiger partial charge in [-0.15, -0.1) is 0 Å². The summed E-state index contributed by atoms with van der Waals surface area (Å²) in [5.41, 5.74) is 1.40. The molecule has 1 saturated heterocycles. The summed E-state index contributed by atoms with van der Waals surface area (Å²) in [4.78, 5) is 7.09. The summed E-state index contributed by atoms with van der Waals surface area (Å²) in [5, 5.41) is 3.31. The van der Waals surface area contributed by atoms with Crippen LogP contribution >= 0.6 is 0 Å². The van der Waals surface area contributed by atoms with Crippen LogP contribution in [0.5, 0.6) is 0 Å². The Morgan fingerprint density at radius 1 is 1.25 bits per heavy atom. The Kier molecular flexibility index (Phi) is 4.56. The summed E-state index contributed by atoms with van der Waals surface area (Å²) >= 11 is 0. The minimum atomic E-state index is 0.841. The van der Waals surface area contributed by atoms with Crippen LogP contribution in [-0.2, 0) is 6.54 Å². The second-order valence-corrected chi connectivity index (χ2v) is 6.30. The van der Waals surface area contributed by atoms with Crippen molar-refractivity contribution >= 4 is 5.82 Å². The number of nitrogens with zero attached hydrogens (tertiary/aromatic N) is 2. The molecule has 0 radical (unpaired) electrons. The van der Waals surface area contributed by atoms with Gasteiger partial charge < -0.3 is 5.32 Å². The Balaban J connectivity index is 1.65. The second kappa shape index (κ2) is 6.57. The van der Waals surface area contributed by atoms with E-state index in [1.54, 1.807) is 0 Å². The Morgan fingerprint density at radius 2 is 2.10 bits per heavy atom. The largest absolute Gasteiger partial charge is 0.370 e. The van der Waals surface area contributed by atoms with Crippen LogP contribution < -0.4 is 5.32 Å². The summed E-state index contributed by atoms with van der Waals surface area (Å²) in [6, 6.07) is 5.23. The van der Waals surface area contributed by atoms with Gasteiger partial charge in [-0.25, -0.2) is 4.98 Å². The highest BCUT2D eigenvalue weighted by Crippen LogP contribution is 2.36. The Bertz CT molecular complexity index is 426. The molecule has 1 N–H and O–H groups in total. The normalized spacial score (nSPS) is 24.4. The Morgan fingerprint density at radius 3 is 2.90 bits per heavy atom. The monoisotopic (exact) mass is 273 g/mol. The Hall–Kier alpha value is -1.09. The van der Waals surface area contributed by atoms with Gasteiger partial charge in [0.25, 0.3) is 0 Å². The minimum Gasteiger partial charge on any atom is -0.370 e. The van der Waals surface area contributed by atoms with E-state index < -0.39 is 0 Å². The van der Waals surface area contributed by atoms with Gasteiger partial charge in [0.05, 0.1) is 0 Å². The molecule has 3 rings (SSSR count). The number of hydrogen-bond donors (Lipinski definition) is 1. The molecule has 20 heavy (non-hydrogen) atoms. The lowest BCUT2D eigenvalue weighted by atomic mass is 9.96. The fourth-order valence-electron chi connectivity index (χ4n) is 4.01. The molecule has 1 saturated carbocycles. The molecule has 1 aromatic heterocycles. The van der Waals surface area contributed by atoms with Crippen molar-refractivity contribution in [2.24, 2.45) is 5.92 Å². The number of aromatic nitrogens is 1. The molecule has 1 aliphatic heterocycles. The zero-order valence-corrected chi connectivity index (χ0v) is 12.6. The van der Waals surface area contributed by atoms with Crippen LogP contribution in [0.15, 0.2) is 18.3 Å². The molecule has 3 nitrogen and oxygen atoms in total.